The zero-order valence-electron chi connectivity index (χ0n) is 9.17. The number of carboxylic acids is 1. The van der Waals surface area contributed by atoms with Gasteiger partial charge in [0.25, 0.3) is 0 Å². The molecular formula is C12H16O3S. The van der Waals surface area contributed by atoms with E-state index in [1.165, 1.54) is 5.75 Å². The number of phenolic OH excluding ortho intramolecular Hbond substituents is 1. The van der Waals surface area contributed by atoms with E-state index in [1.807, 2.05) is 17.8 Å². The molecule has 2 rings (SSSR count). The third kappa shape index (κ3) is 12.6. The summed E-state index contributed by atoms with van der Waals surface area (Å²) in [5.41, 5.74) is 0. The summed E-state index contributed by atoms with van der Waals surface area (Å²) in [6.45, 7) is 5.20. The molecule has 3 nitrogen and oxygen atoms in total. The number of hydrogen-bond acceptors (Lipinski definition) is 3. The molecule has 0 saturated carbocycles. The lowest BCUT2D eigenvalue weighted by Gasteiger charge is -1.82. The molecule has 1 unspecified atom stereocenters. The van der Waals surface area contributed by atoms with Gasteiger partial charge < -0.3 is 10.2 Å². The van der Waals surface area contributed by atoms with Gasteiger partial charge in [-0.15, -0.1) is 0 Å². The van der Waals surface area contributed by atoms with Crippen molar-refractivity contribution in [2.75, 3.05) is 5.75 Å². The van der Waals surface area contributed by atoms with Crippen LogP contribution in [0.2, 0.25) is 0 Å². The molecule has 1 aromatic carbocycles. The predicted molar refractivity (Wildman–Crippen MR) is 67.9 cm³/mol. The van der Waals surface area contributed by atoms with Crippen LogP contribution in [-0.2, 0) is 4.79 Å². The van der Waals surface area contributed by atoms with Gasteiger partial charge in [0, 0.05) is 17.1 Å². The first-order valence-corrected chi connectivity index (χ1v) is 5.82. The molecule has 0 bridgehead atoms. The second-order valence-electron chi connectivity index (χ2n) is 3.02. The van der Waals surface area contributed by atoms with Crippen LogP contribution in [0.1, 0.15) is 6.92 Å². The first-order valence-electron chi connectivity index (χ1n) is 4.77. The van der Waals surface area contributed by atoms with E-state index in [1.54, 1.807) is 24.3 Å². The van der Waals surface area contributed by atoms with Gasteiger partial charge in [-0.25, -0.2) is 4.79 Å². The summed E-state index contributed by atoms with van der Waals surface area (Å²) in [5.74, 6) is 0.743. The lowest BCUT2D eigenvalue weighted by Crippen LogP contribution is -1.82. The van der Waals surface area contributed by atoms with Crippen molar-refractivity contribution >= 4 is 17.7 Å². The zero-order chi connectivity index (χ0) is 12.4. The number of thioether (sulfide) groups is 1. The summed E-state index contributed by atoms with van der Waals surface area (Å²) in [6, 6.07) is 8.71. The maximum atomic E-state index is 9.25. The second kappa shape index (κ2) is 8.85. The van der Waals surface area contributed by atoms with E-state index >= 15 is 0 Å². The Kier molecular flexibility index (Phi) is 8.07. The van der Waals surface area contributed by atoms with Crippen LogP contribution >= 0.6 is 11.8 Å². The Labute approximate surface area is 99.8 Å². The summed E-state index contributed by atoms with van der Waals surface area (Å²) in [6.07, 6.45) is 0.833. The third-order valence-corrected chi connectivity index (χ3v) is 2.43. The first-order chi connectivity index (χ1) is 7.56. The number of rotatable bonds is 1. The van der Waals surface area contributed by atoms with Crippen molar-refractivity contribution in [2.45, 2.75) is 12.2 Å². The summed E-state index contributed by atoms with van der Waals surface area (Å²) >= 11 is 2.02. The number of para-hydroxylation sites is 1. The summed E-state index contributed by atoms with van der Waals surface area (Å²) in [7, 11) is 0. The lowest BCUT2D eigenvalue weighted by atomic mass is 10.3. The SMILES string of the molecule is C=CC(=O)O.CC1CS1.Oc1ccccc1. The maximum absolute atomic E-state index is 9.25. The fourth-order valence-electron chi connectivity index (χ4n) is 0.524. The van der Waals surface area contributed by atoms with Crippen LogP contribution in [0.5, 0.6) is 5.75 Å². The quantitative estimate of drug-likeness (QED) is 0.585. The molecule has 1 fully saturated rings. The molecule has 1 heterocycles. The van der Waals surface area contributed by atoms with Crippen LogP contribution in [0.4, 0.5) is 0 Å². The van der Waals surface area contributed by atoms with E-state index < -0.39 is 5.97 Å². The van der Waals surface area contributed by atoms with Gasteiger partial charge >= 0.3 is 5.97 Å². The summed E-state index contributed by atoms with van der Waals surface area (Å²) < 4.78 is 0. The number of phenols is 1. The van der Waals surface area contributed by atoms with E-state index in [4.69, 9.17) is 10.2 Å². The molecule has 88 valence electrons. The Morgan fingerprint density at radius 3 is 2.00 bits per heavy atom. The molecule has 0 radical (unpaired) electrons. The van der Waals surface area contributed by atoms with Gasteiger partial charge in [-0.05, 0) is 12.1 Å². The third-order valence-electron chi connectivity index (χ3n) is 1.43. The average Bonchev–Trinajstić information content (AvgIpc) is 3.03. The van der Waals surface area contributed by atoms with E-state index in [-0.39, 0.29) is 0 Å². The molecule has 2 N–H and O–H groups in total. The average molecular weight is 240 g/mol. The minimum atomic E-state index is -0.981. The lowest BCUT2D eigenvalue weighted by molar-refractivity contribution is -0.131. The van der Waals surface area contributed by atoms with Gasteiger partial charge in [0.1, 0.15) is 5.75 Å². The van der Waals surface area contributed by atoms with Crippen LogP contribution < -0.4 is 0 Å². The summed E-state index contributed by atoms with van der Waals surface area (Å²) in [5, 5.41) is 17.2. The molecule has 4 heteroatoms. The van der Waals surface area contributed by atoms with Crippen molar-refractivity contribution in [1.82, 2.24) is 0 Å². The van der Waals surface area contributed by atoms with Gasteiger partial charge in [-0.1, -0.05) is 31.7 Å². The molecule has 1 aliphatic heterocycles. The van der Waals surface area contributed by atoms with Crippen molar-refractivity contribution in [3.05, 3.63) is 43.0 Å². The fraction of sp³-hybridized carbons (Fsp3) is 0.250. The van der Waals surface area contributed by atoms with Crippen LogP contribution in [0, 0.1) is 0 Å². The van der Waals surface area contributed by atoms with Crippen LogP contribution in [0.25, 0.3) is 0 Å². The molecule has 1 aromatic rings. The van der Waals surface area contributed by atoms with Crippen LogP contribution in [0.15, 0.2) is 43.0 Å². The summed E-state index contributed by atoms with van der Waals surface area (Å²) in [4.78, 5) is 9.25. The number of aliphatic carboxylic acids is 1. The van der Waals surface area contributed by atoms with Crippen molar-refractivity contribution in [3.63, 3.8) is 0 Å². The Hall–Kier alpha value is -1.42. The molecule has 0 aliphatic carbocycles. The standard InChI is InChI=1S/C6H6O.C3H4O2.C3H6S/c7-6-4-2-1-3-5-6;1-2-3(4)5;1-3-2-4-3/h1-5,7H;2H,1H2,(H,4,5);3H,2H2,1H3. The van der Waals surface area contributed by atoms with Crippen LogP contribution in [-0.4, -0.2) is 27.2 Å². The molecular weight excluding hydrogens is 224 g/mol. The van der Waals surface area contributed by atoms with E-state index in [0.717, 1.165) is 11.3 Å². The number of carboxylic acid groups (broad SMARTS) is 1. The maximum Gasteiger partial charge on any atom is 0.327 e. The van der Waals surface area contributed by atoms with Crippen LogP contribution in [0.3, 0.4) is 0 Å². The molecule has 1 aliphatic rings. The van der Waals surface area contributed by atoms with Gasteiger partial charge in [0.2, 0.25) is 0 Å². The van der Waals surface area contributed by atoms with Gasteiger partial charge in [0.15, 0.2) is 0 Å². The normalized spacial score (nSPS) is 15.7. The Bertz CT molecular complexity index is 307. The number of aromatic hydroxyl groups is 1. The van der Waals surface area contributed by atoms with E-state index in [2.05, 4.69) is 13.5 Å². The monoisotopic (exact) mass is 240 g/mol. The highest BCUT2D eigenvalue weighted by Gasteiger charge is 2.13. The minimum Gasteiger partial charge on any atom is -0.508 e. The number of carbonyl (C=O) groups is 1. The highest BCUT2D eigenvalue weighted by molar-refractivity contribution is 8.06. The largest absolute Gasteiger partial charge is 0.508 e. The van der Waals surface area contributed by atoms with Crippen molar-refractivity contribution in [2.24, 2.45) is 0 Å². The van der Waals surface area contributed by atoms with Crippen molar-refractivity contribution in [1.29, 1.82) is 0 Å². The molecule has 0 amide bonds. The Morgan fingerprint density at radius 2 is 1.88 bits per heavy atom. The smallest absolute Gasteiger partial charge is 0.327 e. The molecule has 1 saturated heterocycles. The van der Waals surface area contributed by atoms with E-state index in [9.17, 15) is 4.79 Å². The minimum absolute atomic E-state index is 0.322. The topological polar surface area (TPSA) is 57.5 Å². The molecule has 0 aromatic heterocycles. The van der Waals surface area contributed by atoms with Crippen molar-refractivity contribution < 1.29 is 15.0 Å². The number of hydrogen-bond donors (Lipinski definition) is 2. The first kappa shape index (κ1) is 14.6. The second-order valence-corrected chi connectivity index (χ2v) is 4.49. The predicted octanol–water partition coefficient (Wildman–Crippen LogP) is 2.77. The van der Waals surface area contributed by atoms with Gasteiger partial charge in [-0.3, -0.25) is 0 Å². The van der Waals surface area contributed by atoms with Crippen molar-refractivity contribution in [3.8, 4) is 5.75 Å². The van der Waals surface area contributed by atoms with Gasteiger partial charge in [0.05, 0.1) is 0 Å². The fourth-order valence-corrected chi connectivity index (χ4v) is 0.717. The highest BCUT2D eigenvalue weighted by Crippen LogP contribution is 2.28. The molecule has 16 heavy (non-hydrogen) atoms. The molecule has 1 atom stereocenters. The van der Waals surface area contributed by atoms with Gasteiger partial charge in [-0.2, -0.15) is 11.8 Å². The van der Waals surface area contributed by atoms with E-state index in [0.29, 0.717) is 5.75 Å². The Balaban J connectivity index is 0.000000221. The zero-order valence-corrected chi connectivity index (χ0v) is 9.98. The number of benzene rings is 1. The molecule has 0 spiro atoms. The highest BCUT2D eigenvalue weighted by atomic mass is 32.2. The Morgan fingerprint density at radius 1 is 1.50 bits per heavy atom.